The number of nitrogens with one attached hydrogen (secondary N) is 1. The number of nitrogens with zero attached hydrogens (tertiary/aromatic N) is 2. The quantitative estimate of drug-likeness (QED) is 0.503. The number of esters is 2. The fourth-order valence-electron chi connectivity index (χ4n) is 2.10. The van der Waals surface area contributed by atoms with Gasteiger partial charge in [0, 0.05) is 12.2 Å². The lowest BCUT2D eigenvalue weighted by atomic mass is 10.1. The highest BCUT2D eigenvalue weighted by molar-refractivity contribution is 8.01. The molecule has 0 spiro atoms. The molecule has 0 fully saturated rings. The molecule has 0 radical (unpaired) electrons. The molecule has 0 aliphatic heterocycles. The molecule has 2 aromatic rings. The monoisotopic (exact) mass is 429 g/mol. The molecule has 0 saturated heterocycles. The van der Waals surface area contributed by atoms with Crippen molar-refractivity contribution in [3.05, 3.63) is 21.0 Å². The average Bonchev–Trinajstić information content (AvgIpc) is 3.17. The van der Waals surface area contributed by atoms with E-state index in [1.807, 2.05) is 6.92 Å². The molecule has 0 aromatic carbocycles. The van der Waals surface area contributed by atoms with Crippen molar-refractivity contribution in [1.29, 1.82) is 0 Å². The molecule has 8 nitrogen and oxygen atoms in total. The average molecular weight is 430 g/mol. The number of anilines is 1. The summed E-state index contributed by atoms with van der Waals surface area (Å²) >= 11 is 3.91. The van der Waals surface area contributed by atoms with Gasteiger partial charge in [0.25, 0.3) is 0 Å². The molecule has 11 heteroatoms. The van der Waals surface area contributed by atoms with Gasteiger partial charge < -0.3 is 14.8 Å². The first kappa shape index (κ1) is 21.3. The number of carbonyl (C=O) groups is 3. The highest BCUT2D eigenvalue weighted by Gasteiger charge is 2.26. The third-order valence-corrected chi connectivity index (χ3v) is 6.47. The largest absolute Gasteiger partial charge is 0.465 e. The predicted molar refractivity (Wildman–Crippen MR) is 105 cm³/mol. The zero-order valence-electron chi connectivity index (χ0n) is 15.3. The molecule has 0 atom stereocenters. The molecule has 146 valence electrons. The normalized spacial score (nSPS) is 10.5. The molecule has 2 aromatic heterocycles. The van der Waals surface area contributed by atoms with Crippen LogP contribution in [-0.2, 0) is 14.3 Å². The number of thiophene rings is 1. The summed E-state index contributed by atoms with van der Waals surface area (Å²) in [4.78, 5) is 36.7. The molecule has 0 saturated carbocycles. The number of thioether (sulfide) groups is 1. The number of methoxy groups -OCH3 is 1. The molecule has 27 heavy (non-hydrogen) atoms. The van der Waals surface area contributed by atoms with Gasteiger partial charge in [0.1, 0.15) is 14.9 Å². The summed E-state index contributed by atoms with van der Waals surface area (Å²) in [5.41, 5.74) is 0.602. The van der Waals surface area contributed by atoms with Crippen LogP contribution in [0.3, 0.4) is 0 Å². The fraction of sp³-hybridized carbons (Fsp3) is 0.438. The van der Waals surface area contributed by atoms with E-state index in [4.69, 9.17) is 9.47 Å². The van der Waals surface area contributed by atoms with Crippen molar-refractivity contribution in [2.75, 3.05) is 24.8 Å². The van der Waals surface area contributed by atoms with Crippen LogP contribution in [0.25, 0.3) is 0 Å². The maximum Gasteiger partial charge on any atom is 0.348 e. The summed E-state index contributed by atoms with van der Waals surface area (Å²) in [6.07, 6.45) is 0.218. The van der Waals surface area contributed by atoms with Crippen molar-refractivity contribution in [2.45, 2.75) is 31.5 Å². The van der Waals surface area contributed by atoms with Crippen LogP contribution in [0, 0.1) is 13.8 Å². The van der Waals surface area contributed by atoms with E-state index in [9.17, 15) is 14.4 Å². The number of aryl methyl sites for hydroxylation is 1. The van der Waals surface area contributed by atoms with Crippen LogP contribution in [0.2, 0.25) is 0 Å². The van der Waals surface area contributed by atoms with Gasteiger partial charge in [-0.05, 0) is 26.3 Å². The molecule has 0 aliphatic carbocycles. The lowest BCUT2D eigenvalue weighted by Gasteiger charge is -2.05. The number of carbonyl (C=O) groups excluding carboxylic acids is 3. The topological polar surface area (TPSA) is 107 Å². The van der Waals surface area contributed by atoms with Gasteiger partial charge in [-0.25, -0.2) is 9.59 Å². The summed E-state index contributed by atoms with van der Waals surface area (Å²) < 4.78 is 10.6. The Morgan fingerprint density at radius 3 is 2.48 bits per heavy atom. The fourth-order valence-corrected chi connectivity index (χ4v) is 5.03. The summed E-state index contributed by atoms with van der Waals surface area (Å²) in [6, 6.07) is 0. The van der Waals surface area contributed by atoms with Gasteiger partial charge >= 0.3 is 11.9 Å². The molecule has 0 unspecified atom stereocenters. The number of rotatable bonds is 8. The number of ether oxygens (including phenoxy) is 2. The summed E-state index contributed by atoms with van der Waals surface area (Å²) in [6.45, 7) is 5.40. The molecule has 2 rings (SSSR count). The van der Waals surface area contributed by atoms with Gasteiger partial charge in [0.2, 0.25) is 5.91 Å². The van der Waals surface area contributed by atoms with Gasteiger partial charge in [0.15, 0.2) is 4.34 Å². The Hall–Kier alpha value is -1.98. The second-order valence-electron chi connectivity index (χ2n) is 5.21. The highest BCUT2D eigenvalue weighted by atomic mass is 32.2. The van der Waals surface area contributed by atoms with E-state index in [1.165, 1.54) is 30.2 Å². The highest BCUT2D eigenvalue weighted by Crippen LogP contribution is 2.34. The Kier molecular flexibility index (Phi) is 7.75. The van der Waals surface area contributed by atoms with Crippen LogP contribution in [-0.4, -0.2) is 47.5 Å². The van der Waals surface area contributed by atoms with E-state index in [0.717, 1.165) is 20.7 Å². The third-order valence-electron chi connectivity index (χ3n) is 3.31. The molecule has 1 amide bonds. The van der Waals surface area contributed by atoms with Crippen LogP contribution in [0.4, 0.5) is 5.00 Å². The lowest BCUT2D eigenvalue weighted by Crippen LogP contribution is -2.14. The Balaban J connectivity index is 2.08. The first-order valence-corrected chi connectivity index (χ1v) is 10.6. The van der Waals surface area contributed by atoms with Gasteiger partial charge in [-0.1, -0.05) is 23.1 Å². The summed E-state index contributed by atoms with van der Waals surface area (Å²) in [5.74, 6) is -0.907. The standard InChI is InChI=1S/C16H19N3O5S3/c1-5-24-15(22)12-8(2)11(14(21)23-4)13(27-12)17-10(20)6-7-25-16-19-18-9(3)26-16/h5-7H2,1-4H3,(H,17,20). The van der Waals surface area contributed by atoms with Crippen molar-refractivity contribution >= 4 is 57.3 Å². The second kappa shape index (κ2) is 9.81. The second-order valence-corrected chi connectivity index (χ2v) is 8.75. The smallest absolute Gasteiger partial charge is 0.348 e. The number of hydrogen-bond acceptors (Lipinski definition) is 10. The van der Waals surface area contributed by atoms with E-state index < -0.39 is 11.9 Å². The maximum absolute atomic E-state index is 12.3. The molecular formula is C16H19N3O5S3. The van der Waals surface area contributed by atoms with E-state index in [2.05, 4.69) is 15.5 Å². The molecule has 2 heterocycles. The van der Waals surface area contributed by atoms with Gasteiger partial charge in [-0.15, -0.1) is 21.5 Å². The van der Waals surface area contributed by atoms with Crippen LogP contribution in [0.1, 0.15) is 43.9 Å². The summed E-state index contributed by atoms with van der Waals surface area (Å²) in [5, 5.41) is 11.8. The SMILES string of the molecule is CCOC(=O)c1sc(NC(=O)CCSc2nnc(C)s2)c(C(=O)OC)c1C. The Morgan fingerprint density at radius 1 is 1.15 bits per heavy atom. The third kappa shape index (κ3) is 5.50. The van der Waals surface area contributed by atoms with E-state index in [0.29, 0.717) is 11.3 Å². The molecule has 1 N–H and O–H groups in total. The van der Waals surface area contributed by atoms with E-state index in [1.54, 1.807) is 13.8 Å². The van der Waals surface area contributed by atoms with Crippen LogP contribution < -0.4 is 5.32 Å². The van der Waals surface area contributed by atoms with Crippen molar-refractivity contribution in [2.24, 2.45) is 0 Å². The first-order chi connectivity index (χ1) is 12.9. The number of hydrogen-bond donors (Lipinski definition) is 1. The van der Waals surface area contributed by atoms with Crippen molar-refractivity contribution < 1.29 is 23.9 Å². The minimum Gasteiger partial charge on any atom is -0.465 e. The van der Waals surface area contributed by atoms with Crippen molar-refractivity contribution in [3.8, 4) is 0 Å². The lowest BCUT2D eigenvalue weighted by molar-refractivity contribution is -0.115. The first-order valence-electron chi connectivity index (χ1n) is 7.98. The van der Waals surface area contributed by atoms with E-state index in [-0.39, 0.29) is 34.4 Å². The predicted octanol–water partition coefficient (Wildman–Crippen LogP) is 3.30. The maximum atomic E-state index is 12.3. The number of aromatic nitrogens is 2. The van der Waals surface area contributed by atoms with Gasteiger partial charge in [-0.2, -0.15) is 0 Å². The number of amides is 1. The van der Waals surface area contributed by atoms with Crippen LogP contribution in [0.15, 0.2) is 4.34 Å². The summed E-state index contributed by atoms with van der Waals surface area (Å²) in [7, 11) is 1.25. The van der Waals surface area contributed by atoms with Crippen molar-refractivity contribution in [1.82, 2.24) is 10.2 Å². The minimum atomic E-state index is -0.617. The van der Waals surface area contributed by atoms with Gasteiger partial charge in [-0.3, -0.25) is 4.79 Å². The van der Waals surface area contributed by atoms with Crippen LogP contribution in [0.5, 0.6) is 0 Å². The molecular weight excluding hydrogens is 410 g/mol. The Labute approximate surface area is 168 Å². The zero-order chi connectivity index (χ0) is 20.0. The zero-order valence-corrected chi connectivity index (χ0v) is 17.7. The minimum absolute atomic E-state index is 0.173. The molecule has 0 bridgehead atoms. The van der Waals surface area contributed by atoms with Crippen LogP contribution >= 0.6 is 34.4 Å². The molecule has 0 aliphatic rings. The van der Waals surface area contributed by atoms with Gasteiger partial charge in [0.05, 0.1) is 19.3 Å². The Bertz CT molecular complexity index is 846. The Morgan fingerprint density at radius 2 is 1.89 bits per heavy atom. The van der Waals surface area contributed by atoms with E-state index >= 15 is 0 Å². The van der Waals surface area contributed by atoms with Crippen molar-refractivity contribution in [3.63, 3.8) is 0 Å².